The first-order valence-corrected chi connectivity index (χ1v) is 10.6. The molecule has 220 valence electrons. The topological polar surface area (TPSA) is 125 Å². The van der Waals surface area contributed by atoms with Gasteiger partial charge in [-0.15, -0.1) is 12.4 Å². The maximum atomic E-state index is 9.99. The Morgan fingerprint density at radius 2 is 0.833 bits per heavy atom. The Hall–Kier alpha value is -2.24. The van der Waals surface area contributed by atoms with Gasteiger partial charge in [-0.3, -0.25) is 0 Å². The Morgan fingerprint density at radius 1 is 0.667 bits per heavy atom. The molecule has 0 aromatic heterocycles. The number of hydrogen-bond acceptors (Lipinski definition) is 7. The van der Waals surface area contributed by atoms with E-state index in [-0.39, 0.29) is 18.0 Å². The van der Waals surface area contributed by atoms with Crippen LogP contribution in [0.25, 0.3) is 0 Å². The summed E-state index contributed by atoms with van der Waals surface area (Å²) in [7, 11) is 24.0. The van der Waals surface area contributed by atoms with Gasteiger partial charge in [0.1, 0.15) is 0 Å². The van der Waals surface area contributed by atoms with Crippen molar-refractivity contribution in [1.82, 2.24) is 19.6 Å². The van der Waals surface area contributed by atoms with Gasteiger partial charge in [-0.1, -0.05) is 33.1 Å². The summed E-state index contributed by atoms with van der Waals surface area (Å²) in [5, 5.41) is 23.7. The zero-order valence-electron chi connectivity index (χ0n) is 25.4. The van der Waals surface area contributed by atoms with E-state index in [4.69, 9.17) is 15.3 Å². The zero-order chi connectivity index (χ0) is 30.3. The molecule has 0 aromatic carbocycles. The first-order chi connectivity index (χ1) is 15.5. The van der Waals surface area contributed by atoms with Crippen LogP contribution < -0.4 is 0 Å². The average molecular weight is 545 g/mol. The third-order valence-corrected chi connectivity index (χ3v) is 1.39. The molecule has 0 radical (unpaired) electrons. The molecule has 36 heavy (non-hydrogen) atoms. The van der Waals surface area contributed by atoms with Crippen molar-refractivity contribution in [2.24, 2.45) is 0 Å². The van der Waals surface area contributed by atoms with E-state index in [1.165, 1.54) is 6.92 Å². The summed E-state index contributed by atoms with van der Waals surface area (Å²) >= 11 is 0. The molecule has 0 amide bonds. The van der Waals surface area contributed by atoms with Crippen LogP contribution in [0.3, 0.4) is 0 Å². The van der Waals surface area contributed by atoms with Crippen molar-refractivity contribution in [2.45, 2.75) is 26.7 Å². The maximum Gasteiger partial charge on any atom is 0.330 e. The van der Waals surface area contributed by atoms with Gasteiger partial charge in [-0.2, -0.15) is 0 Å². The summed E-state index contributed by atoms with van der Waals surface area (Å²) in [6, 6.07) is 0. The molecular weight excluding hydrogens is 488 g/mol. The molecule has 0 saturated carbocycles. The zero-order valence-corrected chi connectivity index (χ0v) is 26.2. The van der Waals surface area contributed by atoms with Crippen LogP contribution in [-0.2, 0) is 14.4 Å². The lowest BCUT2D eigenvalue weighted by molar-refractivity contribution is -0.133. The molecule has 0 rings (SSSR count). The molecule has 0 unspecified atom stereocenters. The number of rotatable bonds is 5. The van der Waals surface area contributed by atoms with Crippen LogP contribution in [-0.4, -0.2) is 137 Å². The van der Waals surface area contributed by atoms with Crippen molar-refractivity contribution in [1.29, 1.82) is 0 Å². The number of carboxylic acid groups (broad SMARTS) is 3. The molecule has 10 nitrogen and oxygen atoms in total. The summed E-state index contributed by atoms with van der Waals surface area (Å²) < 4.78 is 0. The van der Waals surface area contributed by atoms with E-state index in [1.54, 1.807) is 0 Å². The molecule has 3 N–H and O–H groups in total. The van der Waals surface area contributed by atoms with E-state index in [9.17, 15) is 14.4 Å². The lowest BCUT2D eigenvalue weighted by Gasteiger charge is -1.92. The van der Waals surface area contributed by atoms with E-state index in [1.807, 2.05) is 111 Å². The van der Waals surface area contributed by atoms with Crippen molar-refractivity contribution >= 4 is 30.3 Å². The molecule has 0 heterocycles. The largest absolute Gasteiger partial charge is 0.478 e. The van der Waals surface area contributed by atoms with Crippen LogP contribution >= 0.6 is 12.4 Å². The van der Waals surface area contributed by atoms with Gasteiger partial charge in [0.05, 0.1) is 0 Å². The molecule has 0 aliphatic rings. The molecule has 0 aliphatic carbocycles. The first-order valence-electron chi connectivity index (χ1n) is 10.6. The summed E-state index contributed by atoms with van der Waals surface area (Å²) in [5.74, 6) is -2.80. The first kappa shape index (κ1) is 54.6. The molecule has 0 aliphatic heterocycles. The Kier molecular flexibility index (Phi) is 65.0. The highest BCUT2D eigenvalue weighted by molar-refractivity contribution is 5.86. The van der Waals surface area contributed by atoms with E-state index in [0.717, 1.165) is 12.5 Å². The van der Waals surface area contributed by atoms with Crippen LogP contribution in [0.5, 0.6) is 0 Å². The lowest BCUT2D eigenvalue weighted by Crippen LogP contribution is -1.99. The standard InChI is InChI=1S/C6H10O2.C4H6O2.4C3H9N.C3H4O2.ClH/c1-3-4-5(2)6(7)8;1-3(2)4(5)6;4*1-4(2)3;1-2-3(4)5;/h2-4H2,1H3,(H,7,8);1H2,2H3,(H,5,6);4*1-3H3;2H,1H2,(H,4,5);1H. The fourth-order valence-electron chi connectivity index (χ4n) is 0.409. The second kappa shape index (κ2) is 42.9. The highest BCUT2D eigenvalue weighted by Gasteiger charge is 1.99. The van der Waals surface area contributed by atoms with Gasteiger partial charge >= 0.3 is 17.9 Å². The third kappa shape index (κ3) is 260. The minimum absolute atomic E-state index is 0. The fraction of sp³-hybridized carbons (Fsp3) is 0.640. The minimum atomic E-state index is -0.981. The van der Waals surface area contributed by atoms with Crippen LogP contribution in [0.2, 0.25) is 0 Å². The second-order valence-electron chi connectivity index (χ2n) is 8.65. The summed E-state index contributed by atoms with van der Waals surface area (Å²) in [6.07, 6.45) is 2.28. The number of carboxylic acids is 3. The van der Waals surface area contributed by atoms with Gasteiger partial charge in [-0.05, 0) is 97.9 Å². The highest BCUT2D eigenvalue weighted by Crippen LogP contribution is 1.99. The smallest absolute Gasteiger partial charge is 0.330 e. The lowest BCUT2D eigenvalue weighted by atomic mass is 10.2. The van der Waals surface area contributed by atoms with Crippen molar-refractivity contribution in [3.05, 3.63) is 37.0 Å². The predicted octanol–water partition coefficient (Wildman–Crippen LogP) is 3.46. The summed E-state index contributed by atoms with van der Waals surface area (Å²) in [4.78, 5) is 36.8. The number of hydrogen-bond donors (Lipinski definition) is 3. The fourth-order valence-corrected chi connectivity index (χ4v) is 0.409. The Balaban J connectivity index is -0.0000000430. The van der Waals surface area contributed by atoms with Gasteiger partial charge in [0.2, 0.25) is 0 Å². The van der Waals surface area contributed by atoms with E-state index < -0.39 is 17.9 Å². The monoisotopic (exact) mass is 544 g/mol. The molecule has 11 heteroatoms. The molecule has 0 saturated heterocycles. The molecule has 0 bridgehead atoms. The second-order valence-corrected chi connectivity index (χ2v) is 8.65. The van der Waals surface area contributed by atoms with E-state index in [0.29, 0.717) is 12.0 Å². The number of carbonyl (C=O) groups is 3. The van der Waals surface area contributed by atoms with Crippen LogP contribution in [0, 0.1) is 0 Å². The van der Waals surface area contributed by atoms with Crippen molar-refractivity contribution < 1.29 is 29.7 Å². The summed E-state index contributed by atoms with van der Waals surface area (Å²) in [6.45, 7) is 12.8. The Bertz CT molecular complexity index is 492. The molecule has 0 atom stereocenters. The van der Waals surface area contributed by atoms with Gasteiger partial charge in [0, 0.05) is 17.2 Å². The normalized spacial score (nSPS) is 8.06. The van der Waals surface area contributed by atoms with Crippen molar-refractivity contribution in [3.8, 4) is 0 Å². The number of aliphatic carboxylic acids is 3. The quantitative estimate of drug-likeness (QED) is 0.443. The number of nitrogens with zero attached hydrogens (tertiary/aromatic N) is 4. The van der Waals surface area contributed by atoms with Crippen LogP contribution in [0.15, 0.2) is 37.0 Å². The van der Waals surface area contributed by atoms with E-state index in [2.05, 4.69) is 19.7 Å². The van der Waals surface area contributed by atoms with Crippen LogP contribution in [0.1, 0.15) is 26.7 Å². The number of halogens is 1. The highest BCUT2D eigenvalue weighted by atomic mass is 35.5. The van der Waals surface area contributed by atoms with Gasteiger partial charge in [-0.25, -0.2) is 14.4 Å². The Morgan fingerprint density at radius 3 is 0.861 bits per heavy atom. The van der Waals surface area contributed by atoms with Gasteiger partial charge in [0.15, 0.2) is 0 Å². The molecule has 0 fully saturated rings. The SMILES string of the molecule is C=C(C)C(=O)O.C=C(CCC)C(=O)O.C=CC(=O)O.CN(C)C.CN(C)C.CN(C)C.CN(C)C.Cl. The molecule has 0 aromatic rings. The van der Waals surface area contributed by atoms with Crippen molar-refractivity contribution in [2.75, 3.05) is 84.6 Å². The molecular formula is C25H57ClN4O6. The van der Waals surface area contributed by atoms with Crippen LogP contribution in [0.4, 0.5) is 0 Å². The Labute approximate surface area is 228 Å². The van der Waals surface area contributed by atoms with Gasteiger partial charge < -0.3 is 34.9 Å². The minimum Gasteiger partial charge on any atom is -0.478 e. The third-order valence-electron chi connectivity index (χ3n) is 1.39. The maximum absolute atomic E-state index is 9.99. The van der Waals surface area contributed by atoms with Crippen molar-refractivity contribution in [3.63, 3.8) is 0 Å². The van der Waals surface area contributed by atoms with Gasteiger partial charge in [0.25, 0.3) is 0 Å². The molecule has 0 spiro atoms. The predicted molar refractivity (Wildman–Crippen MR) is 158 cm³/mol. The summed E-state index contributed by atoms with van der Waals surface area (Å²) in [5.41, 5.74) is 0.475. The van der Waals surface area contributed by atoms with E-state index >= 15 is 0 Å². The average Bonchev–Trinajstić information content (AvgIpc) is 2.60.